The standard InChI is InChI=1S/C10H17O3PS/c1-9(12)13-8-14(15,7-11)10-5-3-2-4-6-10/h5,11H,2-4,6-8H2,1H3/t14-/m0/s1. The summed E-state index contributed by atoms with van der Waals surface area (Å²) in [5.41, 5.74) is 0. The van der Waals surface area contributed by atoms with Gasteiger partial charge >= 0.3 is 5.97 Å². The van der Waals surface area contributed by atoms with Gasteiger partial charge in [0.15, 0.2) is 0 Å². The lowest BCUT2D eigenvalue weighted by Gasteiger charge is -2.25. The van der Waals surface area contributed by atoms with Crippen LogP contribution in [0.2, 0.25) is 0 Å². The summed E-state index contributed by atoms with van der Waals surface area (Å²) in [6.45, 7) is 1.37. The van der Waals surface area contributed by atoms with Crippen LogP contribution in [0.4, 0.5) is 0 Å². The molecule has 3 nitrogen and oxygen atoms in total. The Balaban J connectivity index is 2.70. The van der Waals surface area contributed by atoms with Crippen LogP contribution in [0.1, 0.15) is 32.6 Å². The summed E-state index contributed by atoms with van der Waals surface area (Å²) >= 11 is 5.46. The van der Waals surface area contributed by atoms with Gasteiger partial charge in [-0.25, -0.2) is 0 Å². The lowest BCUT2D eigenvalue weighted by Crippen LogP contribution is -2.07. The zero-order chi connectivity index (χ0) is 11.3. The first kappa shape index (κ1) is 12.9. The summed E-state index contributed by atoms with van der Waals surface area (Å²) in [5, 5.41) is 10.5. The highest BCUT2D eigenvalue weighted by Crippen LogP contribution is 2.56. The van der Waals surface area contributed by atoms with Crippen molar-refractivity contribution in [2.75, 3.05) is 12.7 Å². The van der Waals surface area contributed by atoms with Crippen LogP contribution in [0.5, 0.6) is 0 Å². The second kappa shape index (κ2) is 5.78. The smallest absolute Gasteiger partial charge is 0.303 e. The Morgan fingerprint density at radius 2 is 2.40 bits per heavy atom. The van der Waals surface area contributed by atoms with Crippen molar-refractivity contribution in [3.05, 3.63) is 11.4 Å². The molecular weight excluding hydrogens is 231 g/mol. The number of ether oxygens (including phenoxy) is 1. The molecule has 1 N–H and O–H groups in total. The highest BCUT2D eigenvalue weighted by atomic mass is 32.4. The topological polar surface area (TPSA) is 46.5 Å². The molecule has 0 aromatic carbocycles. The average Bonchev–Trinajstić information content (AvgIpc) is 2.27. The lowest BCUT2D eigenvalue weighted by molar-refractivity contribution is -0.138. The Hall–Kier alpha value is -0.180. The summed E-state index contributed by atoms with van der Waals surface area (Å²) in [5.74, 6) is -0.325. The number of aliphatic hydroxyl groups excluding tert-OH is 1. The van der Waals surface area contributed by atoms with Gasteiger partial charge in [0.1, 0.15) is 6.35 Å². The third kappa shape index (κ3) is 3.71. The first-order valence-electron chi connectivity index (χ1n) is 5.10. The first-order valence-corrected chi connectivity index (χ1v) is 8.27. The number of carbonyl (C=O) groups is 1. The molecule has 0 saturated heterocycles. The van der Waals surface area contributed by atoms with E-state index in [1.165, 1.54) is 13.3 Å². The van der Waals surface area contributed by atoms with E-state index in [0.29, 0.717) is 0 Å². The number of allylic oxidation sites excluding steroid dienone is 2. The monoisotopic (exact) mass is 248 g/mol. The molecule has 0 spiro atoms. The molecule has 1 rings (SSSR count). The molecule has 0 saturated carbocycles. The summed E-state index contributed by atoms with van der Waals surface area (Å²) < 4.78 is 4.96. The Kier molecular flexibility index (Phi) is 4.97. The third-order valence-corrected chi connectivity index (χ3v) is 6.32. The molecule has 0 amide bonds. The average molecular weight is 248 g/mol. The van der Waals surface area contributed by atoms with Gasteiger partial charge in [-0.1, -0.05) is 17.9 Å². The van der Waals surface area contributed by atoms with E-state index in [1.807, 2.05) is 0 Å². The molecule has 1 aliphatic carbocycles. The van der Waals surface area contributed by atoms with Gasteiger partial charge in [0.25, 0.3) is 0 Å². The van der Waals surface area contributed by atoms with Crippen LogP contribution >= 0.6 is 6.04 Å². The van der Waals surface area contributed by atoms with Crippen molar-refractivity contribution in [2.45, 2.75) is 32.6 Å². The largest absolute Gasteiger partial charge is 0.460 e. The van der Waals surface area contributed by atoms with Gasteiger partial charge < -0.3 is 9.84 Å². The van der Waals surface area contributed by atoms with Crippen LogP contribution in [-0.4, -0.2) is 23.8 Å². The molecule has 0 unspecified atom stereocenters. The quantitative estimate of drug-likeness (QED) is 0.613. The molecule has 0 heterocycles. The second-order valence-corrected chi connectivity index (χ2v) is 8.73. The number of hydrogen-bond donors (Lipinski definition) is 1. The maximum Gasteiger partial charge on any atom is 0.303 e. The van der Waals surface area contributed by atoms with Crippen LogP contribution in [0.3, 0.4) is 0 Å². The van der Waals surface area contributed by atoms with Gasteiger partial charge in [-0.15, -0.1) is 0 Å². The van der Waals surface area contributed by atoms with E-state index in [-0.39, 0.29) is 18.7 Å². The molecule has 0 radical (unpaired) electrons. The van der Waals surface area contributed by atoms with Gasteiger partial charge in [-0.05, 0) is 31.0 Å². The second-order valence-electron chi connectivity index (χ2n) is 3.74. The molecule has 1 aliphatic rings. The number of aliphatic hydroxyl groups is 1. The summed E-state index contributed by atoms with van der Waals surface area (Å²) in [7, 11) is 0. The number of rotatable bonds is 4. The zero-order valence-electron chi connectivity index (χ0n) is 8.94. The lowest BCUT2D eigenvalue weighted by atomic mass is 10.1. The van der Waals surface area contributed by atoms with Crippen molar-refractivity contribution in [1.82, 2.24) is 0 Å². The zero-order valence-corrected chi connectivity index (χ0v) is 10.7. The van der Waals surface area contributed by atoms with E-state index in [0.717, 1.165) is 24.6 Å². The highest BCUT2D eigenvalue weighted by Gasteiger charge is 2.23. The number of hydrogen-bond acceptors (Lipinski definition) is 4. The summed E-state index contributed by atoms with van der Waals surface area (Å²) in [6, 6.07) is -2.02. The van der Waals surface area contributed by atoms with E-state index in [1.54, 1.807) is 0 Å². The fourth-order valence-electron chi connectivity index (χ4n) is 1.60. The third-order valence-electron chi connectivity index (χ3n) is 2.50. The Bertz CT molecular complexity index is 312. The molecule has 0 fully saturated rings. The molecule has 15 heavy (non-hydrogen) atoms. The SMILES string of the molecule is CC(=O)OC[P@@](=S)(CO)C1=CCCCC1. The molecular formula is C10H17O3PS. The predicted molar refractivity (Wildman–Crippen MR) is 64.6 cm³/mol. The van der Waals surface area contributed by atoms with Crippen molar-refractivity contribution >= 4 is 23.8 Å². The maximum atomic E-state index is 10.7. The maximum absolute atomic E-state index is 10.7. The van der Waals surface area contributed by atoms with Crippen LogP contribution in [-0.2, 0) is 21.3 Å². The fourth-order valence-corrected chi connectivity index (χ4v) is 4.10. The van der Waals surface area contributed by atoms with Crippen molar-refractivity contribution < 1.29 is 14.6 Å². The van der Waals surface area contributed by atoms with Crippen LogP contribution in [0, 0.1) is 0 Å². The van der Waals surface area contributed by atoms with Crippen molar-refractivity contribution in [2.24, 2.45) is 0 Å². The van der Waals surface area contributed by atoms with Gasteiger partial charge in [0.2, 0.25) is 0 Å². The normalized spacial score (nSPS) is 20.3. The summed E-state index contributed by atoms with van der Waals surface area (Å²) in [4.78, 5) is 10.7. The van der Waals surface area contributed by atoms with Gasteiger partial charge in [0, 0.05) is 13.0 Å². The molecule has 5 heteroatoms. The highest BCUT2D eigenvalue weighted by molar-refractivity contribution is 8.16. The minimum atomic E-state index is -2.02. The van der Waals surface area contributed by atoms with Crippen LogP contribution in [0.15, 0.2) is 11.4 Å². The van der Waals surface area contributed by atoms with E-state index in [4.69, 9.17) is 16.5 Å². The number of carbonyl (C=O) groups excluding carboxylic acids is 1. The van der Waals surface area contributed by atoms with Crippen molar-refractivity contribution in [3.63, 3.8) is 0 Å². The molecule has 86 valence electrons. The molecule has 0 aliphatic heterocycles. The summed E-state index contributed by atoms with van der Waals surface area (Å²) in [6.07, 6.45) is 6.61. The van der Waals surface area contributed by atoms with E-state index < -0.39 is 6.04 Å². The van der Waals surface area contributed by atoms with Gasteiger partial charge in [0.05, 0.1) is 6.35 Å². The fraction of sp³-hybridized carbons (Fsp3) is 0.700. The van der Waals surface area contributed by atoms with E-state index in [9.17, 15) is 9.90 Å². The molecule has 0 aromatic rings. The van der Waals surface area contributed by atoms with Crippen molar-refractivity contribution in [3.8, 4) is 0 Å². The van der Waals surface area contributed by atoms with Gasteiger partial charge in [-0.2, -0.15) is 0 Å². The van der Waals surface area contributed by atoms with Crippen LogP contribution < -0.4 is 0 Å². The molecule has 0 aromatic heterocycles. The Labute approximate surface area is 95.5 Å². The van der Waals surface area contributed by atoms with E-state index >= 15 is 0 Å². The molecule has 1 atom stereocenters. The molecule has 0 bridgehead atoms. The first-order chi connectivity index (χ1) is 7.08. The van der Waals surface area contributed by atoms with Crippen LogP contribution in [0.25, 0.3) is 0 Å². The van der Waals surface area contributed by atoms with E-state index in [2.05, 4.69) is 6.08 Å². The Morgan fingerprint density at radius 3 is 2.87 bits per heavy atom. The number of esters is 1. The Morgan fingerprint density at radius 1 is 1.67 bits per heavy atom. The van der Waals surface area contributed by atoms with Gasteiger partial charge in [-0.3, -0.25) is 4.79 Å². The van der Waals surface area contributed by atoms with Crippen molar-refractivity contribution in [1.29, 1.82) is 0 Å². The minimum absolute atomic E-state index is 0.0402. The minimum Gasteiger partial charge on any atom is -0.460 e. The predicted octanol–water partition coefficient (Wildman–Crippen LogP) is 2.39.